The predicted molar refractivity (Wildman–Crippen MR) is 49.1 cm³/mol. The number of aliphatic hydroxyl groups excluding tert-OH is 1. The van der Waals surface area contributed by atoms with Crippen LogP contribution in [0.1, 0.15) is 19.3 Å². The van der Waals surface area contributed by atoms with E-state index in [1.807, 2.05) is 19.0 Å². The summed E-state index contributed by atoms with van der Waals surface area (Å²) in [4.78, 5) is 1.99. The van der Waals surface area contributed by atoms with Gasteiger partial charge in [0.05, 0.1) is 6.10 Å². The SMILES string of the molecule is CN(C)CC(O)CCCCCl. The summed E-state index contributed by atoms with van der Waals surface area (Å²) in [5.41, 5.74) is 0. The van der Waals surface area contributed by atoms with Gasteiger partial charge < -0.3 is 10.0 Å². The molecule has 0 rings (SSSR count). The van der Waals surface area contributed by atoms with Gasteiger partial charge in [-0.25, -0.2) is 0 Å². The van der Waals surface area contributed by atoms with Crippen LogP contribution in [-0.4, -0.2) is 42.6 Å². The summed E-state index contributed by atoms with van der Waals surface area (Å²) in [6.45, 7) is 0.752. The normalized spacial score (nSPS) is 13.9. The molecule has 0 saturated heterocycles. The third-order valence-corrected chi connectivity index (χ3v) is 1.76. The van der Waals surface area contributed by atoms with E-state index >= 15 is 0 Å². The quantitative estimate of drug-likeness (QED) is 0.491. The highest BCUT2D eigenvalue weighted by Crippen LogP contribution is 2.02. The summed E-state index contributed by atoms with van der Waals surface area (Å²) in [6.07, 6.45) is 2.71. The first-order valence-corrected chi connectivity index (χ1v) is 4.59. The minimum Gasteiger partial charge on any atom is -0.392 e. The second kappa shape index (κ2) is 6.89. The van der Waals surface area contributed by atoms with Crippen LogP contribution in [0.3, 0.4) is 0 Å². The number of nitrogens with zero attached hydrogens (tertiary/aromatic N) is 1. The second-order valence-electron chi connectivity index (χ2n) is 3.10. The van der Waals surface area contributed by atoms with Gasteiger partial charge in [0.2, 0.25) is 0 Å². The van der Waals surface area contributed by atoms with Gasteiger partial charge >= 0.3 is 0 Å². The number of likely N-dealkylation sites (N-methyl/N-ethyl adjacent to an activating group) is 1. The maximum Gasteiger partial charge on any atom is 0.0666 e. The molecular weight excluding hydrogens is 162 g/mol. The fourth-order valence-electron chi connectivity index (χ4n) is 0.987. The maximum atomic E-state index is 9.36. The number of halogens is 1. The van der Waals surface area contributed by atoms with Crippen molar-refractivity contribution in [3.63, 3.8) is 0 Å². The van der Waals surface area contributed by atoms with Crippen LogP contribution in [-0.2, 0) is 0 Å². The Hall–Kier alpha value is 0.210. The number of rotatable bonds is 6. The lowest BCUT2D eigenvalue weighted by atomic mass is 10.1. The average Bonchev–Trinajstić information content (AvgIpc) is 1.86. The Kier molecular flexibility index (Phi) is 7.02. The van der Waals surface area contributed by atoms with Gasteiger partial charge in [-0.2, -0.15) is 0 Å². The Morgan fingerprint density at radius 2 is 2.00 bits per heavy atom. The van der Waals surface area contributed by atoms with Crippen LogP contribution in [0.25, 0.3) is 0 Å². The molecule has 0 aromatic rings. The lowest BCUT2D eigenvalue weighted by Gasteiger charge is -2.15. The van der Waals surface area contributed by atoms with Crippen LogP contribution in [0.15, 0.2) is 0 Å². The molecule has 0 amide bonds. The van der Waals surface area contributed by atoms with Crippen molar-refractivity contribution in [2.45, 2.75) is 25.4 Å². The van der Waals surface area contributed by atoms with Gasteiger partial charge in [-0.15, -0.1) is 11.6 Å². The first-order valence-electron chi connectivity index (χ1n) is 4.05. The van der Waals surface area contributed by atoms with E-state index in [0.29, 0.717) is 5.88 Å². The summed E-state index contributed by atoms with van der Waals surface area (Å²) in [5.74, 6) is 0.703. The van der Waals surface area contributed by atoms with Crippen LogP contribution >= 0.6 is 11.6 Å². The molecule has 0 fully saturated rings. The molecule has 0 spiro atoms. The van der Waals surface area contributed by atoms with Gasteiger partial charge in [-0.1, -0.05) is 0 Å². The highest BCUT2D eigenvalue weighted by Gasteiger charge is 2.03. The van der Waals surface area contributed by atoms with E-state index in [0.717, 1.165) is 25.8 Å². The fraction of sp³-hybridized carbons (Fsp3) is 1.00. The number of unbranched alkanes of at least 4 members (excludes halogenated alkanes) is 1. The molecule has 0 aromatic heterocycles. The van der Waals surface area contributed by atoms with E-state index in [1.54, 1.807) is 0 Å². The van der Waals surface area contributed by atoms with Crippen molar-refractivity contribution in [2.75, 3.05) is 26.5 Å². The van der Waals surface area contributed by atoms with Crippen LogP contribution in [0.4, 0.5) is 0 Å². The van der Waals surface area contributed by atoms with E-state index in [-0.39, 0.29) is 6.10 Å². The minimum absolute atomic E-state index is 0.187. The molecule has 0 aliphatic carbocycles. The first-order chi connectivity index (χ1) is 5.16. The molecule has 0 aliphatic heterocycles. The van der Waals surface area contributed by atoms with Crippen LogP contribution in [0, 0.1) is 0 Å². The van der Waals surface area contributed by atoms with Crippen molar-refractivity contribution < 1.29 is 5.11 Å². The summed E-state index contributed by atoms with van der Waals surface area (Å²) < 4.78 is 0. The molecule has 0 aliphatic rings. The van der Waals surface area contributed by atoms with Gasteiger partial charge in [-0.3, -0.25) is 0 Å². The molecule has 0 radical (unpaired) electrons. The number of aliphatic hydroxyl groups is 1. The van der Waals surface area contributed by atoms with E-state index < -0.39 is 0 Å². The largest absolute Gasteiger partial charge is 0.392 e. The van der Waals surface area contributed by atoms with E-state index in [4.69, 9.17) is 11.6 Å². The van der Waals surface area contributed by atoms with E-state index in [9.17, 15) is 5.11 Å². The van der Waals surface area contributed by atoms with Crippen molar-refractivity contribution in [3.8, 4) is 0 Å². The Balaban J connectivity index is 3.15. The van der Waals surface area contributed by atoms with Gasteiger partial charge in [0, 0.05) is 12.4 Å². The smallest absolute Gasteiger partial charge is 0.0666 e. The molecule has 68 valence electrons. The Morgan fingerprint density at radius 1 is 1.36 bits per heavy atom. The van der Waals surface area contributed by atoms with E-state index in [2.05, 4.69) is 0 Å². The van der Waals surface area contributed by atoms with Gasteiger partial charge in [0.25, 0.3) is 0 Å². The second-order valence-corrected chi connectivity index (χ2v) is 3.48. The van der Waals surface area contributed by atoms with Crippen molar-refractivity contribution in [1.82, 2.24) is 4.90 Å². The highest BCUT2D eigenvalue weighted by atomic mass is 35.5. The monoisotopic (exact) mass is 179 g/mol. The van der Waals surface area contributed by atoms with E-state index in [1.165, 1.54) is 0 Å². The van der Waals surface area contributed by atoms with Crippen LogP contribution < -0.4 is 0 Å². The van der Waals surface area contributed by atoms with Gasteiger partial charge in [-0.05, 0) is 33.4 Å². The standard InChI is InChI=1S/C8H18ClNO/c1-10(2)7-8(11)5-3-4-6-9/h8,11H,3-7H2,1-2H3. The topological polar surface area (TPSA) is 23.5 Å². The molecule has 2 nitrogen and oxygen atoms in total. The molecule has 1 atom stereocenters. The Morgan fingerprint density at radius 3 is 2.45 bits per heavy atom. The molecule has 0 heterocycles. The molecule has 0 aromatic carbocycles. The minimum atomic E-state index is -0.187. The lowest BCUT2D eigenvalue weighted by Crippen LogP contribution is -2.25. The first kappa shape index (κ1) is 11.2. The molecule has 0 bridgehead atoms. The molecular formula is C8H18ClNO. The number of hydrogen-bond acceptors (Lipinski definition) is 2. The molecule has 1 N–H and O–H groups in total. The van der Waals surface area contributed by atoms with Crippen LogP contribution in [0.2, 0.25) is 0 Å². The molecule has 3 heteroatoms. The number of alkyl halides is 1. The maximum absolute atomic E-state index is 9.36. The fourth-order valence-corrected chi connectivity index (χ4v) is 1.18. The highest BCUT2D eigenvalue weighted by molar-refractivity contribution is 6.17. The zero-order chi connectivity index (χ0) is 8.69. The summed E-state index contributed by atoms with van der Waals surface area (Å²) in [6, 6.07) is 0. The third kappa shape index (κ3) is 8.11. The van der Waals surface area contributed by atoms with Gasteiger partial charge in [0.15, 0.2) is 0 Å². The van der Waals surface area contributed by atoms with Gasteiger partial charge in [0.1, 0.15) is 0 Å². The zero-order valence-electron chi connectivity index (χ0n) is 7.39. The lowest BCUT2D eigenvalue weighted by molar-refractivity contribution is 0.126. The van der Waals surface area contributed by atoms with Crippen molar-refractivity contribution in [2.24, 2.45) is 0 Å². The summed E-state index contributed by atoms with van der Waals surface area (Å²) >= 11 is 5.50. The summed E-state index contributed by atoms with van der Waals surface area (Å²) in [5, 5.41) is 9.36. The molecule has 0 saturated carbocycles. The third-order valence-electron chi connectivity index (χ3n) is 1.50. The van der Waals surface area contributed by atoms with Crippen molar-refractivity contribution >= 4 is 11.6 Å². The Labute approximate surface area is 74.2 Å². The summed E-state index contributed by atoms with van der Waals surface area (Å²) in [7, 11) is 3.93. The van der Waals surface area contributed by atoms with Crippen LogP contribution in [0.5, 0.6) is 0 Å². The molecule has 11 heavy (non-hydrogen) atoms. The van der Waals surface area contributed by atoms with Crippen molar-refractivity contribution in [1.29, 1.82) is 0 Å². The zero-order valence-corrected chi connectivity index (χ0v) is 8.14. The average molecular weight is 180 g/mol. The van der Waals surface area contributed by atoms with Crippen molar-refractivity contribution in [3.05, 3.63) is 0 Å². The molecule has 1 unspecified atom stereocenters. The Bertz CT molecular complexity index is 88.2. The predicted octanol–water partition coefficient (Wildman–Crippen LogP) is 1.32. The number of hydrogen-bond donors (Lipinski definition) is 1.